The van der Waals surface area contributed by atoms with Crippen molar-refractivity contribution in [2.45, 2.75) is 64.5 Å². The Hall–Kier alpha value is -5.04. The second kappa shape index (κ2) is 14.0. The zero-order valence-corrected chi connectivity index (χ0v) is 28.2. The molecule has 3 aromatic heterocycles. The smallest absolute Gasteiger partial charge is 0.248 e. The first-order valence-electron chi connectivity index (χ1n) is 16.6. The van der Waals surface area contributed by atoms with Crippen LogP contribution >= 0.6 is 0 Å². The van der Waals surface area contributed by atoms with Gasteiger partial charge in [-0.25, -0.2) is 4.98 Å². The molecular weight excluding hydrogens is 600 g/mol. The molecule has 1 amide bonds. The highest BCUT2D eigenvalue weighted by molar-refractivity contribution is 6.10. The lowest BCUT2D eigenvalue weighted by atomic mass is 9.88. The molecule has 3 heterocycles. The van der Waals surface area contributed by atoms with E-state index >= 15 is 0 Å². The van der Waals surface area contributed by atoms with Crippen LogP contribution < -0.4 is 10.6 Å². The number of hydrogen-bond acceptors (Lipinski definition) is 6. The first kappa shape index (κ1) is 32.9. The predicted octanol–water partition coefficient (Wildman–Crippen LogP) is 7.07. The molecule has 0 radical (unpaired) electrons. The third kappa shape index (κ3) is 6.42. The number of hydrogen-bond donors (Lipinski definition) is 2. The van der Waals surface area contributed by atoms with Gasteiger partial charge < -0.3 is 24.3 Å². The van der Waals surface area contributed by atoms with E-state index in [1.54, 1.807) is 31.4 Å². The van der Waals surface area contributed by atoms with Crippen LogP contribution in [0.2, 0.25) is 0 Å². The summed E-state index contributed by atoms with van der Waals surface area (Å²) in [6, 6.07) is 17.4. The lowest BCUT2D eigenvalue weighted by Gasteiger charge is -2.27. The van der Waals surface area contributed by atoms with Crippen molar-refractivity contribution >= 4 is 33.9 Å². The van der Waals surface area contributed by atoms with Crippen molar-refractivity contribution in [2.24, 2.45) is 7.05 Å². The third-order valence-corrected chi connectivity index (χ3v) is 9.49. The van der Waals surface area contributed by atoms with Gasteiger partial charge in [0.05, 0.1) is 45.9 Å². The number of ketones is 1. The second-order valence-corrected chi connectivity index (χ2v) is 13.0. The van der Waals surface area contributed by atoms with E-state index in [4.69, 9.17) is 9.72 Å². The number of nitrogens with zero attached hydrogens (tertiary/aromatic N) is 4. The van der Waals surface area contributed by atoms with Gasteiger partial charge >= 0.3 is 0 Å². The standard InChI is InChI=1S/C39H42N6O3/c1-24(2)36-37(25(3)20-34-38(36)42-23-44(34)4)30-8-7-19-45-32(30)16-17-33(45)39(47)26-10-15-31(27(21-26)22-40)43-35(46)9-6-18-41-28-11-13-29(48-5)14-12-28/h6-10,15-17,19-21,23-24,28-29,41H,11-14,18H2,1-5H3,(H,43,46)/b9-6+/t28-,29-. The van der Waals surface area contributed by atoms with Crippen molar-refractivity contribution in [3.8, 4) is 17.2 Å². The summed E-state index contributed by atoms with van der Waals surface area (Å²) < 4.78 is 9.39. The molecule has 2 N–H and O–H groups in total. The van der Waals surface area contributed by atoms with E-state index in [1.165, 1.54) is 11.6 Å². The second-order valence-electron chi connectivity index (χ2n) is 13.0. The summed E-state index contributed by atoms with van der Waals surface area (Å²) in [5.74, 6) is -0.316. The highest BCUT2D eigenvalue weighted by Gasteiger charge is 2.23. The van der Waals surface area contributed by atoms with E-state index in [-0.39, 0.29) is 23.2 Å². The number of amides is 1. The highest BCUT2D eigenvalue weighted by Crippen LogP contribution is 2.39. The largest absolute Gasteiger partial charge is 0.381 e. The van der Waals surface area contributed by atoms with Gasteiger partial charge in [0, 0.05) is 50.1 Å². The molecule has 1 aliphatic carbocycles. The summed E-state index contributed by atoms with van der Waals surface area (Å²) in [6.45, 7) is 7.07. The molecule has 9 heteroatoms. The Labute approximate surface area is 281 Å². The van der Waals surface area contributed by atoms with Crippen LogP contribution in [0.5, 0.6) is 0 Å². The summed E-state index contributed by atoms with van der Waals surface area (Å²) in [4.78, 5) is 31.3. The number of nitrogens with one attached hydrogen (secondary N) is 2. The molecule has 0 atom stereocenters. The van der Waals surface area contributed by atoms with Crippen molar-refractivity contribution in [3.63, 3.8) is 0 Å². The van der Waals surface area contributed by atoms with Crippen LogP contribution in [-0.4, -0.2) is 51.4 Å². The van der Waals surface area contributed by atoms with Gasteiger partial charge in [0.25, 0.3) is 0 Å². The maximum absolute atomic E-state index is 13.9. The van der Waals surface area contributed by atoms with Gasteiger partial charge in [-0.05, 0) is 97.7 Å². The molecule has 5 aromatic rings. The fourth-order valence-electron chi connectivity index (χ4n) is 6.99. The number of aryl methyl sites for hydroxylation is 2. The molecule has 9 nitrogen and oxygen atoms in total. The number of rotatable bonds is 10. The molecule has 0 unspecified atom stereocenters. The Morgan fingerprint density at radius 2 is 1.90 bits per heavy atom. The number of pyridine rings is 1. The van der Waals surface area contributed by atoms with E-state index in [0.29, 0.717) is 35.6 Å². The van der Waals surface area contributed by atoms with Gasteiger partial charge in [0.2, 0.25) is 11.7 Å². The molecule has 0 aliphatic heterocycles. The molecule has 1 aliphatic rings. The average molecular weight is 643 g/mol. The minimum absolute atomic E-state index is 0.215. The topological polar surface area (TPSA) is 113 Å². The molecule has 0 spiro atoms. The number of carbonyl (C=O) groups is 2. The molecule has 48 heavy (non-hydrogen) atoms. The molecular formula is C39H42N6O3. The fraction of sp³-hybridized carbons (Fsp3) is 0.333. The van der Waals surface area contributed by atoms with Gasteiger partial charge in [-0.1, -0.05) is 26.0 Å². The third-order valence-electron chi connectivity index (χ3n) is 9.49. The normalized spacial score (nSPS) is 16.6. The van der Waals surface area contributed by atoms with E-state index in [1.807, 2.05) is 46.7 Å². The van der Waals surface area contributed by atoms with E-state index in [2.05, 4.69) is 49.6 Å². The maximum Gasteiger partial charge on any atom is 0.248 e. The Kier molecular flexibility index (Phi) is 9.58. The van der Waals surface area contributed by atoms with Crippen molar-refractivity contribution in [1.82, 2.24) is 19.3 Å². The molecule has 246 valence electrons. The summed E-state index contributed by atoms with van der Waals surface area (Å²) >= 11 is 0. The van der Waals surface area contributed by atoms with E-state index < -0.39 is 0 Å². The number of carbonyl (C=O) groups excluding carboxylic acids is 2. The van der Waals surface area contributed by atoms with Crippen LogP contribution in [0.15, 0.2) is 73.2 Å². The first-order chi connectivity index (χ1) is 23.2. The molecule has 1 saturated carbocycles. The summed E-state index contributed by atoms with van der Waals surface area (Å²) in [5, 5.41) is 16.2. The van der Waals surface area contributed by atoms with Gasteiger partial charge in [0.15, 0.2) is 0 Å². The summed E-state index contributed by atoms with van der Waals surface area (Å²) in [7, 11) is 3.77. The number of imidazole rings is 1. The minimum atomic E-state index is -0.333. The number of methoxy groups -OCH3 is 1. The Balaban J connectivity index is 1.21. The molecule has 6 rings (SSSR count). The zero-order valence-electron chi connectivity index (χ0n) is 28.2. The number of nitriles is 1. The Morgan fingerprint density at radius 3 is 2.62 bits per heavy atom. The van der Waals surface area contributed by atoms with Gasteiger partial charge in [-0.15, -0.1) is 0 Å². The number of anilines is 1. The Morgan fingerprint density at radius 1 is 1.10 bits per heavy atom. The fourth-order valence-corrected chi connectivity index (χ4v) is 6.99. The van der Waals surface area contributed by atoms with Gasteiger partial charge in [-0.2, -0.15) is 5.26 Å². The summed E-state index contributed by atoms with van der Waals surface area (Å²) in [5.41, 5.74) is 8.91. The molecule has 0 saturated heterocycles. The zero-order chi connectivity index (χ0) is 33.9. The number of fused-ring (bicyclic) bond motifs is 2. The van der Waals surface area contributed by atoms with Crippen LogP contribution in [0.1, 0.15) is 78.2 Å². The average Bonchev–Trinajstić information content (AvgIpc) is 3.69. The highest BCUT2D eigenvalue weighted by atomic mass is 16.5. The molecule has 0 bridgehead atoms. The number of benzene rings is 2. The van der Waals surface area contributed by atoms with Crippen molar-refractivity contribution in [2.75, 3.05) is 19.0 Å². The van der Waals surface area contributed by atoms with Crippen molar-refractivity contribution < 1.29 is 14.3 Å². The quantitative estimate of drug-likeness (QED) is 0.124. The van der Waals surface area contributed by atoms with Crippen LogP contribution in [-0.2, 0) is 16.6 Å². The Bertz CT molecular complexity index is 2070. The van der Waals surface area contributed by atoms with E-state index in [0.717, 1.165) is 58.9 Å². The SMILES string of the molecule is CO[C@H]1CC[C@H](NC/C=C/C(=O)Nc2ccc(C(=O)c3ccc4c(-c5c(C)cc6c(ncn6C)c5C(C)C)cccn34)cc2C#N)CC1. The lowest BCUT2D eigenvalue weighted by molar-refractivity contribution is -0.111. The number of ether oxygens (including phenoxy) is 1. The van der Waals surface area contributed by atoms with Gasteiger partial charge in [0.1, 0.15) is 6.07 Å². The lowest BCUT2D eigenvalue weighted by Crippen LogP contribution is -2.35. The first-order valence-corrected chi connectivity index (χ1v) is 16.6. The van der Waals surface area contributed by atoms with Gasteiger partial charge in [-0.3, -0.25) is 9.59 Å². The van der Waals surface area contributed by atoms with E-state index in [9.17, 15) is 14.9 Å². The maximum atomic E-state index is 13.9. The van der Waals surface area contributed by atoms with Crippen LogP contribution in [0.4, 0.5) is 5.69 Å². The number of aromatic nitrogens is 3. The van der Waals surface area contributed by atoms with Crippen LogP contribution in [0.3, 0.4) is 0 Å². The van der Waals surface area contributed by atoms with Crippen molar-refractivity contribution in [1.29, 1.82) is 5.26 Å². The minimum Gasteiger partial charge on any atom is -0.381 e. The monoisotopic (exact) mass is 642 g/mol. The predicted molar refractivity (Wildman–Crippen MR) is 189 cm³/mol. The molecule has 2 aromatic carbocycles. The van der Waals surface area contributed by atoms with Crippen molar-refractivity contribution in [3.05, 3.63) is 101 Å². The van der Waals surface area contributed by atoms with Crippen LogP contribution in [0, 0.1) is 18.3 Å². The van der Waals surface area contributed by atoms with Crippen LogP contribution in [0.25, 0.3) is 27.7 Å². The summed E-state index contributed by atoms with van der Waals surface area (Å²) in [6.07, 6.45) is 11.5. The molecule has 1 fully saturated rings.